The summed E-state index contributed by atoms with van der Waals surface area (Å²) in [6.45, 7) is 0. The van der Waals surface area contributed by atoms with Gasteiger partial charge in [0.1, 0.15) is 23.3 Å². The Bertz CT molecular complexity index is 610. The highest BCUT2D eigenvalue weighted by Crippen LogP contribution is 2.31. The Morgan fingerprint density at radius 3 is 1.95 bits per heavy atom. The van der Waals surface area contributed by atoms with E-state index >= 15 is 0 Å². The van der Waals surface area contributed by atoms with Crippen LogP contribution in [0.4, 0.5) is 17.6 Å². The van der Waals surface area contributed by atoms with Gasteiger partial charge in [-0.2, -0.15) is 0 Å². The number of hydrogen-bond donors (Lipinski definition) is 1. The van der Waals surface area contributed by atoms with Gasteiger partial charge in [0.25, 0.3) is 0 Å². The average molecular weight is 334 g/mol. The van der Waals surface area contributed by atoms with Gasteiger partial charge >= 0.3 is 0 Å². The number of nitrogens with two attached hydrogens (primary N) is 1. The summed E-state index contributed by atoms with van der Waals surface area (Å²) in [5.74, 6) is -3.84. The molecule has 0 aliphatic carbocycles. The summed E-state index contributed by atoms with van der Waals surface area (Å²) in [7, 11) is 0. The van der Waals surface area contributed by atoms with Crippen LogP contribution >= 0.6 is 15.9 Å². The molecule has 0 bridgehead atoms. The molecule has 0 aliphatic rings. The number of benzene rings is 2. The fourth-order valence-corrected chi connectivity index (χ4v) is 2.13. The maximum atomic E-state index is 13.9. The second-order valence-electron chi connectivity index (χ2n) is 3.87. The van der Waals surface area contributed by atoms with E-state index in [-0.39, 0.29) is 4.47 Å². The highest BCUT2D eigenvalue weighted by atomic mass is 79.9. The first-order chi connectivity index (χ1) is 8.93. The second-order valence-corrected chi connectivity index (χ2v) is 4.72. The second kappa shape index (κ2) is 5.30. The fourth-order valence-electron chi connectivity index (χ4n) is 1.78. The molecule has 100 valence electrons. The van der Waals surface area contributed by atoms with Gasteiger partial charge in [0.2, 0.25) is 0 Å². The minimum atomic E-state index is -1.57. The zero-order chi connectivity index (χ0) is 14.2. The van der Waals surface area contributed by atoms with E-state index in [0.29, 0.717) is 0 Å². The predicted octanol–water partition coefficient (Wildman–Crippen LogP) is 4.05. The molecule has 2 aromatic carbocycles. The van der Waals surface area contributed by atoms with Crippen LogP contribution in [0.15, 0.2) is 34.8 Å². The van der Waals surface area contributed by atoms with Crippen molar-refractivity contribution in [2.24, 2.45) is 5.73 Å². The van der Waals surface area contributed by atoms with Crippen LogP contribution in [-0.2, 0) is 0 Å². The van der Waals surface area contributed by atoms with Crippen molar-refractivity contribution >= 4 is 15.9 Å². The molecule has 0 aliphatic heterocycles. The molecule has 1 nitrogen and oxygen atoms in total. The van der Waals surface area contributed by atoms with Crippen LogP contribution in [0.5, 0.6) is 0 Å². The lowest BCUT2D eigenvalue weighted by molar-refractivity contribution is 0.509. The summed E-state index contributed by atoms with van der Waals surface area (Å²) in [4.78, 5) is 0. The van der Waals surface area contributed by atoms with Gasteiger partial charge in [-0.3, -0.25) is 0 Å². The molecular formula is C13H8BrF4N. The van der Waals surface area contributed by atoms with Gasteiger partial charge in [-0.25, -0.2) is 17.6 Å². The molecule has 19 heavy (non-hydrogen) atoms. The van der Waals surface area contributed by atoms with Crippen LogP contribution in [0.2, 0.25) is 0 Å². The SMILES string of the molecule is NC(c1c(F)cccc1F)c1c(F)ccc(Br)c1F. The molecule has 2 rings (SSSR count). The molecule has 1 unspecified atom stereocenters. The third-order valence-electron chi connectivity index (χ3n) is 2.70. The van der Waals surface area contributed by atoms with Crippen molar-refractivity contribution in [3.05, 3.63) is 69.2 Å². The van der Waals surface area contributed by atoms with Gasteiger partial charge in [0, 0.05) is 11.1 Å². The predicted molar refractivity (Wildman–Crippen MR) is 66.4 cm³/mol. The van der Waals surface area contributed by atoms with Crippen LogP contribution in [0.1, 0.15) is 17.2 Å². The molecular weight excluding hydrogens is 326 g/mol. The minimum absolute atomic E-state index is 0.0314. The minimum Gasteiger partial charge on any atom is -0.320 e. The maximum absolute atomic E-state index is 13.9. The van der Waals surface area contributed by atoms with E-state index in [0.717, 1.165) is 30.3 Å². The molecule has 1 atom stereocenters. The molecule has 2 N–H and O–H groups in total. The van der Waals surface area contributed by atoms with Gasteiger partial charge < -0.3 is 5.73 Å². The van der Waals surface area contributed by atoms with E-state index in [1.165, 1.54) is 0 Å². The van der Waals surface area contributed by atoms with Gasteiger partial charge in [-0.05, 0) is 40.2 Å². The lowest BCUT2D eigenvalue weighted by Gasteiger charge is -2.16. The lowest BCUT2D eigenvalue weighted by atomic mass is 9.97. The van der Waals surface area contributed by atoms with Gasteiger partial charge in [0.05, 0.1) is 10.5 Å². The molecule has 0 fully saturated rings. The first-order valence-corrected chi connectivity index (χ1v) is 6.05. The monoisotopic (exact) mass is 333 g/mol. The number of rotatable bonds is 2. The van der Waals surface area contributed by atoms with Gasteiger partial charge in [-0.15, -0.1) is 0 Å². The molecule has 0 aromatic heterocycles. The first-order valence-electron chi connectivity index (χ1n) is 5.26. The van der Waals surface area contributed by atoms with Crippen molar-refractivity contribution in [2.45, 2.75) is 6.04 Å². The van der Waals surface area contributed by atoms with E-state index in [9.17, 15) is 17.6 Å². The van der Waals surface area contributed by atoms with E-state index in [1.807, 2.05) is 0 Å². The van der Waals surface area contributed by atoms with Crippen LogP contribution in [0.25, 0.3) is 0 Å². The van der Waals surface area contributed by atoms with Crippen LogP contribution < -0.4 is 5.73 Å². The van der Waals surface area contributed by atoms with E-state index in [2.05, 4.69) is 15.9 Å². The van der Waals surface area contributed by atoms with Crippen LogP contribution in [-0.4, -0.2) is 0 Å². The Labute approximate surface area is 115 Å². The highest BCUT2D eigenvalue weighted by Gasteiger charge is 2.25. The van der Waals surface area contributed by atoms with E-state index in [1.54, 1.807) is 0 Å². The highest BCUT2D eigenvalue weighted by molar-refractivity contribution is 9.10. The first kappa shape index (κ1) is 14.0. The van der Waals surface area contributed by atoms with Crippen molar-refractivity contribution in [1.82, 2.24) is 0 Å². The Balaban J connectivity index is 2.63. The van der Waals surface area contributed by atoms with Crippen molar-refractivity contribution in [3.63, 3.8) is 0 Å². The van der Waals surface area contributed by atoms with Crippen molar-refractivity contribution in [2.75, 3.05) is 0 Å². The molecule has 0 amide bonds. The Morgan fingerprint density at radius 1 is 0.842 bits per heavy atom. The molecule has 0 radical (unpaired) electrons. The third-order valence-corrected chi connectivity index (χ3v) is 3.31. The average Bonchev–Trinajstić information content (AvgIpc) is 2.34. The van der Waals surface area contributed by atoms with Crippen molar-refractivity contribution < 1.29 is 17.6 Å². The Morgan fingerprint density at radius 2 is 1.37 bits per heavy atom. The summed E-state index contributed by atoms with van der Waals surface area (Å²) >= 11 is 2.87. The molecule has 0 spiro atoms. The quantitative estimate of drug-likeness (QED) is 0.651. The topological polar surface area (TPSA) is 26.0 Å². The smallest absolute Gasteiger partial charge is 0.145 e. The lowest BCUT2D eigenvalue weighted by Crippen LogP contribution is -2.19. The van der Waals surface area contributed by atoms with Crippen LogP contribution in [0, 0.1) is 23.3 Å². The maximum Gasteiger partial charge on any atom is 0.145 e. The normalized spacial score (nSPS) is 12.5. The summed E-state index contributed by atoms with van der Waals surface area (Å²) in [6.07, 6.45) is 0. The van der Waals surface area contributed by atoms with Crippen LogP contribution in [0.3, 0.4) is 0 Å². The standard InChI is InChI=1S/C13H8BrF4N/c14-6-4-5-9(17)11(12(6)18)13(19)10-7(15)2-1-3-8(10)16/h1-5,13H,19H2. The zero-order valence-corrected chi connectivity index (χ0v) is 11.0. The Kier molecular flexibility index (Phi) is 3.91. The summed E-state index contributed by atoms with van der Waals surface area (Å²) in [6, 6.07) is 3.66. The van der Waals surface area contributed by atoms with Crippen molar-refractivity contribution in [1.29, 1.82) is 0 Å². The van der Waals surface area contributed by atoms with Crippen molar-refractivity contribution in [3.8, 4) is 0 Å². The molecule has 6 heteroatoms. The third kappa shape index (κ3) is 2.50. The molecule has 0 heterocycles. The van der Waals surface area contributed by atoms with E-state index in [4.69, 9.17) is 5.73 Å². The largest absolute Gasteiger partial charge is 0.320 e. The summed E-state index contributed by atoms with van der Waals surface area (Å²) in [5.41, 5.74) is 4.45. The number of hydrogen-bond acceptors (Lipinski definition) is 1. The van der Waals surface area contributed by atoms with Gasteiger partial charge in [0.15, 0.2) is 0 Å². The van der Waals surface area contributed by atoms with Gasteiger partial charge in [-0.1, -0.05) is 6.07 Å². The molecule has 0 saturated carbocycles. The molecule has 0 saturated heterocycles. The van der Waals surface area contributed by atoms with E-state index < -0.39 is 40.4 Å². The Hall–Kier alpha value is -1.40. The molecule has 2 aromatic rings. The number of halogens is 5. The summed E-state index contributed by atoms with van der Waals surface area (Å²) < 4.78 is 54.6. The summed E-state index contributed by atoms with van der Waals surface area (Å²) in [5, 5.41) is 0. The fraction of sp³-hybridized carbons (Fsp3) is 0.0769. The zero-order valence-electron chi connectivity index (χ0n) is 9.43.